The molecule has 7 heteroatoms. The highest BCUT2D eigenvalue weighted by atomic mass is 79.9. The predicted octanol–water partition coefficient (Wildman–Crippen LogP) is 3.08. The molecule has 138 valence electrons. The molecule has 2 amide bonds. The first-order valence-electron chi connectivity index (χ1n) is 8.36. The molecule has 1 aromatic carbocycles. The third kappa shape index (κ3) is 5.64. The third-order valence-corrected chi connectivity index (χ3v) is 4.31. The van der Waals surface area contributed by atoms with Crippen molar-refractivity contribution in [3.05, 3.63) is 52.6 Å². The molecule has 2 aromatic rings. The Bertz CT molecular complexity index is 764. The topological polar surface area (TPSA) is 65.5 Å². The minimum atomic E-state index is -0.214. The summed E-state index contributed by atoms with van der Waals surface area (Å²) in [5.41, 5.74) is 1.95. The normalized spacial score (nSPS) is 10.7. The molecule has 26 heavy (non-hydrogen) atoms. The van der Waals surface area contributed by atoms with Gasteiger partial charge < -0.3 is 10.2 Å². The van der Waals surface area contributed by atoms with Crippen LogP contribution < -0.4 is 10.2 Å². The molecule has 0 aliphatic rings. The zero-order valence-electron chi connectivity index (χ0n) is 15.2. The maximum atomic E-state index is 12.6. The Hall–Kier alpha value is -2.25. The van der Waals surface area contributed by atoms with Gasteiger partial charge in [-0.25, -0.2) is 4.98 Å². The molecule has 1 aromatic heterocycles. The number of para-hydroxylation sites is 1. The van der Waals surface area contributed by atoms with Gasteiger partial charge in [0.1, 0.15) is 5.82 Å². The fourth-order valence-electron chi connectivity index (χ4n) is 2.60. The largest absolute Gasteiger partial charge is 0.311 e. The number of hydrogen-bond donors (Lipinski definition) is 1. The van der Waals surface area contributed by atoms with Crippen molar-refractivity contribution in [3.8, 4) is 0 Å². The van der Waals surface area contributed by atoms with Crippen LogP contribution in [0.2, 0.25) is 0 Å². The number of hydrogen-bond acceptors (Lipinski definition) is 4. The van der Waals surface area contributed by atoms with E-state index in [1.165, 1.54) is 0 Å². The second-order valence-electron chi connectivity index (χ2n) is 6.01. The van der Waals surface area contributed by atoms with Crippen LogP contribution >= 0.6 is 15.9 Å². The first-order chi connectivity index (χ1) is 12.4. The first kappa shape index (κ1) is 20.1. The highest BCUT2D eigenvalue weighted by Crippen LogP contribution is 2.19. The Morgan fingerprint density at radius 1 is 1.15 bits per heavy atom. The maximum absolute atomic E-state index is 12.6. The molecule has 0 bridgehead atoms. The van der Waals surface area contributed by atoms with E-state index in [9.17, 15) is 9.59 Å². The Labute approximate surface area is 162 Å². The predicted molar refractivity (Wildman–Crippen MR) is 107 cm³/mol. The van der Waals surface area contributed by atoms with Crippen molar-refractivity contribution in [1.82, 2.24) is 9.88 Å². The van der Waals surface area contributed by atoms with Crippen molar-refractivity contribution in [2.75, 3.05) is 36.9 Å². The number of carbonyl (C=O) groups excluding carboxylic acids is 2. The van der Waals surface area contributed by atoms with E-state index < -0.39 is 0 Å². The molecule has 1 heterocycles. The second-order valence-corrected chi connectivity index (χ2v) is 6.92. The van der Waals surface area contributed by atoms with Crippen LogP contribution in [0.4, 0.5) is 11.5 Å². The summed E-state index contributed by atoms with van der Waals surface area (Å²) in [5.74, 6) is 0.223. The van der Waals surface area contributed by atoms with E-state index in [2.05, 4.69) is 26.2 Å². The molecule has 0 unspecified atom stereocenters. The van der Waals surface area contributed by atoms with Crippen molar-refractivity contribution in [3.63, 3.8) is 0 Å². The lowest BCUT2D eigenvalue weighted by atomic mass is 10.2. The van der Waals surface area contributed by atoms with Crippen LogP contribution in [0.3, 0.4) is 0 Å². The van der Waals surface area contributed by atoms with Gasteiger partial charge in [-0.05, 0) is 60.6 Å². The lowest BCUT2D eigenvalue weighted by Gasteiger charge is -2.25. The van der Waals surface area contributed by atoms with Crippen LogP contribution in [0.25, 0.3) is 0 Å². The molecule has 0 saturated carbocycles. The molecule has 0 aliphatic carbocycles. The number of carbonyl (C=O) groups is 2. The second kappa shape index (κ2) is 9.45. The van der Waals surface area contributed by atoms with Gasteiger partial charge in [0.05, 0.1) is 13.1 Å². The Kier molecular flexibility index (Phi) is 7.29. The number of likely N-dealkylation sites (N-methyl/N-ethyl adjacent to an activating group) is 2. The lowest BCUT2D eigenvalue weighted by Crippen LogP contribution is -2.41. The number of aryl methyl sites for hydroxylation is 1. The van der Waals surface area contributed by atoms with Crippen LogP contribution in [0, 0.1) is 6.92 Å². The van der Waals surface area contributed by atoms with E-state index in [4.69, 9.17) is 0 Å². The van der Waals surface area contributed by atoms with Crippen LogP contribution in [-0.4, -0.2) is 48.4 Å². The number of rotatable bonds is 7. The molecule has 1 N–H and O–H groups in total. The molecule has 0 spiro atoms. The number of benzene rings is 1. The first-order valence-corrected chi connectivity index (χ1v) is 9.16. The van der Waals surface area contributed by atoms with E-state index in [1.54, 1.807) is 35.2 Å². The summed E-state index contributed by atoms with van der Waals surface area (Å²) in [4.78, 5) is 32.3. The van der Waals surface area contributed by atoms with E-state index in [0.29, 0.717) is 12.4 Å². The average molecular weight is 419 g/mol. The Morgan fingerprint density at radius 2 is 1.88 bits per heavy atom. The summed E-state index contributed by atoms with van der Waals surface area (Å²) in [7, 11) is 1.75. The van der Waals surface area contributed by atoms with Crippen LogP contribution in [-0.2, 0) is 9.59 Å². The van der Waals surface area contributed by atoms with Crippen LogP contribution in [0.5, 0.6) is 0 Å². The summed E-state index contributed by atoms with van der Waals surface area (Å²) in [6.45, 7) is 4.76. The van der Waals surface area contributed by atoms with Gasteiger partial charge in [0, 0.05) is 22.9 Å². The minimum Gasteiger partial charge on any atom is -0.311 e. The average Bonchev–Trinajstić information content (AvgIpc) is 2.59. The van der Waals surface area contributed by atoms with Crippen molar-refractivity contribution >= 4 is 39.2 Å². The van der Waals surface area contributed by atoms with Crippen molar-refractivity contribution < 1.29 is 9.59 Å². The van der Waals surface area contributed by atoms with Gasteiger partial charge >= 0.3 is 0 Å². The number of halogens is 1. The summed E-state index contributed by atoms with van der Waals surface area (Å²) < 4.78 is 0.842. The molecule has 0 atom stereocenters. The van der Waals surface area contributed by atoms with Gasteiger partial charge in [0.15, 0.2) is 0 Å². The van der Waals surface area contributed by atoms with Crippen LogP contribution in [0.15, 0.2) is 47.1 Å². The summed E-state index contributed by atoms with van der Waals surface area (Å²) in [5, 5.41) is 2.72. The Balaban J connectivity index is 1.92. The van der Waals surface area contributed by atoms with Crippen molar-refractivity contribution in [1.29, 1.82) is 0 Å². The standard InChI is InChI=1S/C19H23BrN4O2/c1-4-24(16-8-6-5-7-14(16)2)19(26)13-23(3)12-18(25)22-17-10-9-15(20)11-21-17/h5-11H,4,12-13H2,1-3H3,(H,21,22,25). The number of amides is 2. The number of aromatic nitrogens is 1. The highest BCUT2D eigenvalue weighted by molar-refractivity contribution is 9.10. The van der Waals surface area contributed by atoms with Gasteiger partial charge in [-0.2, -0.15) is 0 Å². The molecule has 0 aliphatic heterocycles. The molecule has 6 nitrogen and oxygen atoms in total. The van der Waals surface area contributed by atoms with Crippen molar-refractivity contribution in [2.24, 2.45) is 0 Å². The van der Waals surface area contributed by atoms with Gasteiger partial charge in [0.25, 0.3) is 0 Å². The number of nitrogens with zero attached hydrogens (tertiary/aromatic N) is 3. The summed E-state index contributed by atoms with van der Waals surface area (Å²) >= 11 is 3.30. The van der Waals surface area contributed by atoms with E-state index in [-0.39, 0.29) is 24.9 Å². The number of anilines is 2. The van der Waals surface area contributed by atoms with E-state index in [0.717, 1.165) is 15.7 Å². The van der Waals surface area contributed by atoms with Gasteiger partial charge in [-0.15, -0.1) is 0 Å². The number of pyridine rings is 1. The molecule has 0 saturated heterocycles. The highest BCUT2D eigenvalue weighted by Gasteiger charge is 2.18. The van der Waals surface area contributed by atoms with E-state index >= 15 is 0 Å². The number of nitrogens with one attached hydrogen (secondary N) is 1. The molecule has 0 radical (unpaired) electrons. The molecule has 0 fully saturated rings. The molecular formula is C19H23BrN4O2. The Morgan fingerprint density at radius 3 is 2.50 bits per heavy atom. The zero-order chi connectivity index (χ0) is 19.1. The SMILES string of the molecule is CCN(C(=O)CN(C)CC(=O)Nc1ccc(Br)cn1)c1ccccc1C. The monoisotopic (exact) mass is 418 g/mol. The maximum Gasteiger partial charge on any atom is 0.241 e. The van der Waals surface area contributed by atoms with Gasteiger partial charge in [-0.3, -0.25) is 14.5 Å². The molecule has 2 rings (SSSR count). The van der Waals surface area contributed by atoms with E-state index in [1.807, 2.05) is 38.1 Å². The minimum absolute atomic E-state index is 0.0427. The fraction of sp³-hybridized carbons (Fsp3) is 0.316. The summed E-state index contributed by atoms with van der Waals surface area (Å²) in [6.07, 6.45) is 1.62. The lowest BCUT2D eigenvalue weighted by molar-refractivity contribution is -0.121. The van der Waals surface area contributed by atoms with Crippen molar-refractivity contribution in [2.45, 2.75) is 13.8 Å². The zero-order valence-corrected chi connectivity index (χ0v) is 16.8. The van der Waals surface area contributed by atoms with Gasteiger partial charge in [0.2, 0.25) is 11.8 Å². The smallest absolute Gasteiger partial charge is 0.241 e. The summed E-state index contributed by atoms with van der Waals surface area (Å²) in [6, 6.07) is 11.3. The third-order valence-electron chi connectivity index (χ3n) is 3.84. The molecular weight excluding hydrogens is 396 g/mol. The van der Waals surface area contributed by atoms with Gasteiger partial charge in [-0.1, -0.05) is 18.2 Å². The fourth-order valence-corrected chi connectivity index (χ4v) is 2.83. The quantitative estimate of drug-likeness (QED) is 0.749. The van der Waals surface area contributed by atoms with Crippen LogP contribution in [0.1, 0.15) is 12.5 Å².